The van der Waals surface area contributed by atoms with Gasteiger partial charge in [0.2, 0.25) is 0 Å². The monoisotopic (exact) mass is 254 g/mol. The van der Waals surface area contributed by atoms with Crippen molar-refractivity contribution >= 4 is 17.6 Å². The Hall–Kier alpha value is -1.10. The molecule has 1 aliphatic heterocycles. The molecule has 4 nitrogen and oxygen atoms in total. The topological polar surface area (TPSA) is 52.6 Å². The number of nitrogens with zero attached hydrogens (tertiary/aromatic N) is 1. The smallest absolute Gasteiger partial charge is 0.336 e. The number of carbonyl (C=O) groups is 1. The van der Waals surface area contributed by atoms with Crippen LogP contribution in [-0.2, 0) is 6.54 Å². The molecule has 5 heteroatoms. The lowest BCUT2D eigenvalue weighted by Gasteiger charge is -2.27. The molecule has 1 aromatic carbocycles. The number of carboxylic acids is 1. The highest BCUT2D eigenvalue weighted by Gasteiger charge is 2.15. The fourth-order valence-electron chi connectivity index (χ4n) is 2.00. The van der Waals surface area contributed by atoms with Gasteiger partial charge in [-0.25, -0.2) is 4.79 Å². The minimum atomic E-state index is -0.919. The summed E-state index contributed by atoms with van der Waals surface area (Å²) in [6.07, 6.45) is 0. The van der Waals surface area contributed by atoms with Gasteiger partial charge >= 0.3 is 5.97 Å². The molecule has 0 amide bonds. The van der Waals surface area contributed by atoms with Crippen LogP contribution in [0, 0.1) is 0 Å². The Morgan fingerprint density at radius 3 is 2.76 bits per heavy atom. The van der Waals surface area contributed by atoms with E-state index in [-0.39, 0.29) is 0 Å². The molecule has 1 saturated heterocycles. The maximum Gasteiger partial charge on any atom is 0.336 e. The van der Waals surface area contributed by atoms with Crippen LogP contribution in [0.25, 0.3) is 0 Å². The second-order valence-electron chi connectivity index (χ2n) is 4.13. The first-order valence-electron chi connectivity index (χ1n) is 5.61. The highest BCUT2D eigenvalue weighted by atomic mass is 35.5. The van der Waals surface area contributed by atoms with Crippen molar-refractivity contribution in [3.8, 4) is 0 Å². The zero-order valence-electron chi connectivity index (χ0n) is 9.45. The molecule has 0 radical (unpaired) electrons. The van der Waals surface area contributed by atoms with Crippen molar-refractivity contribution < 1.29 is 9.90 Å². The minimum Gasteiger partial charge on any atom is -0.478 e. The standard InChI is InChI=1S/C12H15ClN2O2/c13-10-2-1-9(11(7-10)12(16)17)8-15-5-3-14-4-6-15/h1-2,7,14H,3-6,8H2,(H,16,17). The quantitative estimate of drug-likeness (QED) is 0.857. The van der Waals surface area contributed by atoms with E-state index < -0.39 is 5.97 Å². The number of halogens is 1. The van der Waals surface area contributed by atoms with Crippen molar-refractivity contribution in [2.24, 2.45) is 0 Å². The SMILES string of the molecule is O=C(O)c1cc(Cl)ccc1CN1CCNCC1. The number of hydrogen-bond acceptors (Lipinski definition) is 3. The summed E-state index contributed by atoms with van der Waals surface area (Å²) in [7, 11) is 0. The number of hydrogen-bond donors (Lipinski definition) is 2. The van der Waals surface area contributed by atoms with Crippen molar-refractivity contribution in [3.63, 3.8) is 0 Å². The van der Waals surface area contributed by atoms with Gasteiger partial charge in [-0.15, -0.1) is 0 Å². The third-order valence-corrected chi connectivity index (χ3v) is 3.14. The summed E-state index contributed by atoms with van der Waals surface area (Å²) < 4.78 is 0. The van der Waals surface area contributed by atoms with Crippen LogP contribution in [0.3, 0.4) is 0 Å². The van der Waals surface area contributed by atoms with Gasteiger partial charge in [0.05, 0.1) is 5.56 Å². The molecule has 0 unspecified atom stereocenters. The first-order chi connectivity index (χ1) is 8.16. The Labute approximate surface area is 105 Å². The second-order valence-corrected chi connectivity index (χ2v) is 4.57. The number of aromatic carboxylic acids is 1. The molecule has 92 valence electrons. The maximum absolute atomic E-state index is 11.1. The fraction of sp³-hybridized carbons (Fsp3) is 0.417. The predicted octanol–water partition coefficient (Wildman–Crippen LogP) is 1.44. The van der Waals surface area contributed by atoms with Gasteiger partial charge in [-0.2, -0.15) is 0 Å². The normalized spacial score (nSPS) is 17.0. The number of rotatable bonds is 3. The van der Waals surface area contributed by atoms with Gasteiger partial charge in [0, 0.05) is 37.7 Å². The average molecular weight is 255 g/mol. The minimum absolute atomic E-state index is 0.302. The summed E-state index contributed by atoms with van der Waals surface area (Å²) in [6.45, 7) is 4.47. The lowest BCUT2D eigenvalue weighted by molar-refractivity contribution is 0.0694. The molecule has 0 aliphatic carbocycles. The molecule has 0 aromatic heterocycles. The molecular formula is C12H15ClN2O2. The Bertz CT molecular complexity index is 417. The van der Waals surface area contributed by atoms with Crippen molar-refractivity contribution in [2.75, 3.05) is 26.2 Å². The van der Waals surface area contributed by atoms with E-state index in [0.29, 0.717) is 17.1 Å². The average Bonchev–Trinajstić information content (AvgIpc) is 2.32. The van der Waals surface area contributed by atoms with Gasteiger partial charge in [-0.1, -0.05) is 17.7 Å². The van der Waals surface area contributed by atoms with E-state index in [1.165, 1.54) is 6.07 Å². The zero-order chi connectivity index (χ0) is 12.3. The van der Waals surface area contributed by atoms with E-state index in [4.69, 9.17) is 16.7 Å². The van der Waals surface area contributed by atoms with Gasteiger partial charge in [-0.05, 0) is 17.7 Å². The molecule has 1 heterocycles. The number of benzene rings is 1. The fourth-order valence-corrected chi connectivity index (χ4v) is 2.17. The molecule has 1 fully saturated rings. The lowest BCUT2D eigenvalue weighted by atomic mass is 10.1. The van der Waals surface area contributed by atoms with Crippen molar-refractivity contribution in [3.05, 3.63) is 34.3 Å². The lowest BCUT2D eigenvalue weighted by Crippen LogP contribution is -2.43. The molecule has 0 atom stereocenters. The molecule has 2 N–H and O–H groups in total. The maximum atomic E-state index is 11.1. The van der Waals surface area contributed by atoms with Crippen molar-refractivity contribution in [1.82, 2.24) is 10.2 Å². The van der Waals surface area contributed by atoms with E-state index in [1.807, 2.05) is 0 Å². The predicted molar refractivity (Wildman–Crippen MR) is 66.6 cm³/mol. The van der Waals surface area contributed by atoms with E-state index in [0.717, 1.165) is 31.7 Å². The van der Waals surface area contributed by atoms with Gasteiger partial charge in [0.25, 0.3) is 0 Å². The summed E-state index contributed by atoms with van der Waals surface area (Å²) in [6, 6.07) is 5.06. The molecule has 17 heavy (non-hydrogen) atoms. The van der Waals surface area contributed by atoms with Crippen LogP contribution in [0.1, 0.15) is 15.9 Å². The Kier molecular flexibility index (Phi) is 3.99. The highest BCUT2D eigenvalue weighted by Crippen LogP contribution is 2.18. The van der Waals surface area contributed by atoms with Gasteiger partial charge in [0.15, 0.2) is 0 Å². The van der Waals surface area contributed by atoms with Crippen LogP contribution in [0.5, 0.6) is 0 Å². The summed E-state index contributed by atoms with van der Waals surface area (Å²) in [4.78, 5) is 13.4. The Morgan fingerprint density at radius 2 is 2.12 bits per heavy atom. The molecule has 0 saturated carbocycles. The van der Waals surface area contributed by atoms with E-state index in [9.17, 15) is 4.79 Å². The van der Waals surface area contributed by atoms with Crippen LogP contribution < -0.4 is 5.32 Å². The van der Waals surface area contributed by atoms with Crippen LogP contribution in [0.2, 0.25) is 5.02 Å². The van der Waals surface area contributed by atoms with Crippen molar-refractivity contribution in [2.45, 2.75) is 6.54 Å². The van der Waals surface area contributed by atoms with Crippen LogP contribution in [-0.4, -0.2) is 42.2 Å². The third-order valence-electron chi connectivity index (χ3n) is 2.91. The molecule has 1 aliphatic rings. The number of carboxylic acid groups (broad SMARTS) is 1. The number of piperazine rings is 1. The summed E-state index contributed by atoms with van der Waals surface area (Å²) >= 11 is 5.82. The highest BCUT2D eigenvalue weighted by molar-refractivity contribution is 6.30. The Morgan fingerprint density at radius 1 is 1.41 bits per heavy atom. The van der Waals surface area contributed by atoms with Crippen LogP contribution >= 0.6 is 11.6 Å². The molecule has 0 spiro atoms. The van der Waals surface area contributed by atoms with E-state index in [1.54, 1.807) is 12.1 Å². The van der Waals surface area contributed by atoms with Gasteiger partial charge in [-0.3, -0.25) is 4.90 Å². The first-order valence-corrected chi connectivity index (χ1v) is 5.99. The summed E-state index contributed by atoms with van der Waals surface area (Å²) in [5, 5.41) is 12.9. The summed E-state index contributed by atoms with van der Waals surface area (Å²) in [5.74, 6) is -0.919. The van der Waals surface area contributed by atoms with Crippen LogP contribution in [0.15, 0.2) is 18.2 Å². The van der Waals surface area contributed by atoms with Crippen molar-refractivity contribution in [1.29, 1.82) is 0 Å². The number of nitrogens with one attached hydrogen (secondary N) is 1. The van der Waals surface area contributed by atoms with Gasteiger partial charge < -0.3 is 10.4 Å². The third kappa shape index (κ3) is 3.19. The second kappa shape index (κ2) is 5.49. The molecule has 2 rings (SSSR count). The zero-order valence-corrected chi connectivity index (χ0v) is 10.2. The Balaban J connectivity index is 2.16. The van der Waals surface area contributed by atoms with E-state index in [2.05, 4.69) is 10.2 Å². The first kappa shape index (κ1) is 12.4. The molecule has 1 aromatic rings. The van der Waals surface area contributed by atoms with Gasteiger partial charge in [0.1, 0.15) is 0 Å². The van der Waals surface area contributed by atoms with Crippen LogP contribution in [0.4, 0.5) is 0 Å². The summed E-state index contributed by atoms with van der Waals surface area (Å²) in [5.41, 5.74) is 1.12. The van der Waals surface area contributed by atoms with E-state index >= 15 is 0 Å². The largest absolute Gasteiger partial charge is 0.478 e. The molecular weight excluding hydrogens is 240 g/mol. The molecule has 0 bridgehead atoms.